The number of nitrogens with one attached hydrogen (secondary N) is 3. The molecule has 0 spiro atoms. The van der Waals surface area contributed by atoms with Crippen molar-refractivity contribution in [2.24, 2.45) is 23.3 Å². The third-order valence-electron chi connectivity index (χ3n) is 5.70. The van der Waals surface area contributed by atoms with Crippen LogP contribution in [0.25, 0.3) is 0 Å². The van der Waals surface area contributed by atoms with Gasteiger partial charge in [0, 0.05) is 0 Å². The van der Waals surface area contributed by atoms with Gasteiger partial charge in [0.2, 0.25) is 23.6 Å². The second-order valence-corrected chi connectivity index (χ2v) is 8.97. The molecule has 0 aliphatic carbocycles. The highest BCUT2D eigenvalue weighted by Gasteiger charge is 2.34. The highest BCUT2D eigenvalue weighted by atomic mass is 16.4. The van der Waals surface area contributed by atoms with Crippen LogP contribution in [0.4, 0.5) is 0 Å². The third-order valence-corrected chi connectivity index (χ3v) is 5.70. The van der Waals surface area contributed by atoms with Gasteiger partial charge in [0.05, 0.1) is 12.5 Å². The van der Waals surface area contributed by atoms with Crippen LogP contribution in [-0.4, -0.2) is 58.9 Å². The molecular formula is C24H37N5O6. The van der Waals surface area contributed by atoms with Crippen molar-refractivity contribution in [2.45, 2.75) is 71.1 Å². The molecule has 0 heterocycles. The number of carboxylic acid groups (broad SMARTS) is 1. The molecule has 0 saturated carbocycles. The minimum atomic E-state index is -1.36. The Balaban J connectivity index is 2.99. The first-order chi connectivity index (χ1) is 16.4. The van der Waals surface area contributed by atoms with Gasteiger partial charge >= 0.3 is 5.97 Å². The average molecular weight is 492 g/mol. The fourth-order valence-corrected chi connectivity index (χ4v) is 3.36. The molecule has 0 saturated heterocycles. The molecule has 11 heteroatoms. The van der Waals surface area contributed by atoms with E-state index < -0.39 is 66.1 Å². The van der Waals surface area contributed by atoms with E-state index in [1.54, 1.807) is 52.0 Å². The molecular weight excluding hydrogens is 454 g/mol. The van der Waals surface area contributed by atoms with Crippen molar-refractivity contribution in [1.82, 2.24) is 16.0 Å². The number of amides is 4. The van der Waals surface area contributed by atoms with Gasteiger partial charge in [-0.15, -0.1) is 0 Å². The fourth-order valence-electron chi connectivity index (χ4n) is 3.36. The number of primary amides is 1. The minimum Gasteiger partial charge on any atom is -0.480 e. The predicted molar refractivity (Wildman–Crippen MR) is 130 cm³/mol. The van der Waals surface area contributed by atoms with Crippen LogP contribution in [0, 0.1) is 11.8 Å². The normalized spacial score (nSPS) is 15.3. The van der Waals surface area contributed by atoms with Gasteiger partial charge in [0.25, 0.3) is 0 Å². The fraction of sp³-hybridized carbons (Fsp3) is 0.542. The minimum absolute atomic E-state index is 0.210. The summed E-state index contributed by atoms with van der Waals surface area (Å²) < 4.78 is 0. The number of nitrogens with two attached hydrogens (primary N) is 2. The summed E-state index contributed by atoms with van der Waals surface area (Å²) in [5, 5.41) is 16.8. The molecule has 0 aliphatic heterocycles. The Labute approximate surface area is 205 Å². The van der Waals surface area contributed by atoms with E-state index in [0.717, 1.165) is 5.56 Å². The average Bonchev–Trinajstić information content (AvgIpc) is 2.79. The summed E-state index contributed by atoms with van der Waals surface area (Å²) in [6, 6.07) is 4.44. The maximum atomic E-state index is 13.0. The van der Waals surface area contributed by atoms with Gasteiger partial charge in [-0.05, 0) is 23.8 Å². The van der Waals surface area contributed by atoms with E-state index in [1.807, 2.05) is 6.07 Å². The van der Waals surface area contributed by atoms with Crippen molar-refractivity contribution in [3.8, 4) is 0 Å². The number of carboxylic acids is 1. The van der Waals surface area contributed by atoms with Crippen LogP contribution in [-0.2, 0) is 30.4 Å². The molecule has 0 bridgehead atoms. The molecule has 5 unspecified atom stereocenters. The zero-order valence-electron chi connectivity index (χ0n) is 20.6. The molecule has 1 aromatic carbocycles. The molecule has 5 atom stereocenters. The SMILES string of the molecule is CCC(C)C(NC(=O)C(CC(N)=O)NC(=O)C(N)Cc1ccccc1)C(=O)NC(C(=O)O)C(C)C. The summed E-state index contributed by atoms with van der Waals surface area (Å²) in [5.41, 5.74) is 12.1. The van der Waals surface area contributed by atoms with Crippen LogP contribution in [0.2, 0.25) is 0 Å². The van der Waals surface area contributed by atoms with Crippen molar-refractivity contribution in [2.75, 3.05) is 0 Å². The Morgan fingerprint density at radius 3 is 1.94 bits per heavy atom. The van der Waals surface area contributed by atoms with Gasteiger partial charge in [-0.2, -0.15) is 0 Å². The number of aliphatic carboxylic acids is 1. The van der Waals surface area contributed by atoms with Crippen molar-refractivity contribution < 1.29 is 29.1 Å². The first-order valence-electron chi connectivity index (χ1n) is 11.6. The molecule has 11 nitrogen and oxygen atoms in total. The van der Waals surface area contributed by atoms with E-state index >= 15 is 0 Å². The lowest BCUT2D eigenvalue weighted by atomic mass is 9.96. The Morgan fingerprint density at radius 2 is 1.46 bits per heavy atom. The smallest absolute Gasteiger partial charge is 0.326 e. The second kappa shape index (κ2) is 14.1. The summed E-state index contributed by atoms with van der Waals surface area (Å²) in [4.78, 5) is 61.6. The lowest BCUT2D eigenvalue weighted by Crippen LogP contribution is -2.59. The van der Waals surface area contributed by atoms with Crippen LogP contribution < -0.4 is 27.4 Å². The van der Waals surface area contributed by atoms with E-state index in [9.17, 15) is 29.1 Å². The maximum Gasteiger partial charge on any atom is 0.326 e. The Kier molecular flexibility index (Phi) is 11.9. The van der Waals surface area contributed by atoms with E-state index in [4.69, 9.17) is 11.5 Å². The van der Waals surface area contributed by atoms with E-state index in [2.05, 4.69) is 16.0 Å². The molecule has 1 rings (SSSR count). The first kappa shape index (κ1) is 29.6. The highest BCUT2D eigenvalue weighted by molar-refractivity contribution is 5.96. The lowest BCUT2D eigenvalue weighted by Gasteiger charge is -2.28. The van der Waals surface area contributed by atoms with Crippen LogP contribution in [0.15, 0.2) is 30.3 Å². The van der Waals surface area contributed by atoms with Crippen molar-refractivity contribution >= 4 is 29.6 Å². The standard InChI is InChI=1S/C24H37N5O6/c1-5-14(4)20(23(33)28-19(13(2)3)24(34)35)29-22(32)17(12-18(26)30)27-21(31)16(25)11-15-9-7-6-8-10-15/h6-10,13-14,16-17,19-20H,5,11-12,25H2,1-4H3,(H2,26,30)(H,27,31)(H,28,33)(H,29,32)(H,34,35). The zero-order valence-corrected chi connectivity index (χ0v) is 20.6. The van der Waals surface area contributed by atoms with Crippen LogP contribution in [0.3, 0.4) is 0 Å². The zero-order chi connectivity index (χ0) is 26.7. The topological polar surface area (TPSA) is 194 Å². The summed E-state index contributed by atoms with van der Waals surface area (Å²) >= 11 is 0. The highest BCUT2D eigenvalue weighted by Crippen LogP contribution is 2.11. The Bertz CT molecular complexity index is 892. The molecule has 8 N–H and O–H groups in total. The van der Waals surface area contributed by atoms with Crippen LogP contribution in [0.1, 0.15) is 46.1 Å². The molecule has 0 aliphatic rings. The summed E-state index contributed by atoms with van der Waals surface area (Å²) in [6.07, 6.45) is 0.196. The van der Waals surface area contributed by atoms with E-state index in [1.165, 1.54) is 0 Å². The van der Waals surface area contributed by atoms with Crippen molar-refractivity contribution in [3.63, 3.8) is 0 Å². The largest absolute Gasteiger partial charge is 0.480 e. The van der Waals surface area contributed by atoms with Gasteiger partial charge in [0.15, 0.2) is 0 Å². The molecule has 1 aromatic rings. The summed E-state index contributed by atoms with van der Waals surface area (Å²) in [5.74, 6) is -4.94. The molecule has 0 radical (unpaired) electrons. The lowest BCUT2D eigenvalue weighted by molar-refractivity contribution is -0.144. The Morgan fingerprint density at radius 1 is 0.886 bits per heavy atom. The second-order valence-electron chi connectivity index (χ2n) is 8.97. The summed E-state index contributed by atoms with van der Waals surface area (Å²) in [7, 11) is 0. The number of hydrogen-bond acceptors (Lipinski definition) is 6. The van der Waals surface area contributed by atoms with Gasteiger partial charge in [-0.3, -0.25) is 19.2 Å². The molecule has 0 aromatic heterocycles. The van der Waals surface area contributed by atoms with Gasteiger partial charge in [-0.1, -0.05) is 64.4 Å². The third kappa shape index (κ3) is 9.73. The van der Waals surface area contributed by atoms with Crippen molar-refractivity contribution in [1.29, 1.82) is 0 Å². The number of carbonyl (C=O) groups excluding carboxylic acids is 4. The van der Waals surface area contributed by atoms with E-state index in [-0.39, 0.29) is 12.3 Å². The molecule has 0 fully saturated rings. The van der Waals surface area contributed by atoms with E-state index in [0.29, 0.717) is 6.42 Å². The monoisotopic (exact) mass is 491 g/mol. The van der Waals surface area contributed by atoms with Crippen molar-refractivity contribution in [3.05, 3.63) is 35.9 Å². The van der Waals surface area contributed by atoms with Gasteiger partial charge in [0.1, 0.15) is 18.1 Å². The number of carbonyl (C=O) groups is 5. The van der Waals surface area contributed by atoms with Crippen LogP contribution >= 0.6 is 0 Å². The predicted octanol–water partition coefficient (Wildman–Crippen LogP) is -0.327. The maximum absolute atomic E-state index is 13.0. The van der Waals surface area contributed by atoms with Gasteiger partial charge in [-0.25, -0.2) is 4.79 Å². The van der Waals surface area contributed by atoms with Gasteiger partial charge < -0.3 is 32.5 Å². The van der Waals surface area contributed by atoms with Crippen LogP contribution in [0.5, 0.6) is 0 Å². The number of rotatable bonds is 14. The molecule has 194 valence electrons. The number of hydrogen-bond donors (Lipinski definition) is 6. The molecule has 4 amide bonds. The first-order valence-corrected chi connectivity index (χ1v) is 11.6. The number of benzene rings is 1. The Hall–Kier alpha value is -3.47. The molecule has 35 heavy (non-hydrogen) atoms. The quantitative estimate of drug-likeness (QED) is 0.205. The summed E-state index contributed by atoms with van der Waals surface area (Å²) in [6.45, 7) is 6.81.